The number of hydrogen-bond donors (Lipinski definition) is 0. The third-order valence-corrected chi connectivity index (χ3v) is 5.96. The predicted octanol–water partition coefficient (Wildman–Crippen LogP) is 5.20. The number of methoxy groups -OCH3 is 2. The summed E-state index contributed by atoms with van der Waals surface area (Å²) in [7, 11) is 4.84. The third-order valence-electron chi connectivity index (χ3n) is 4.47. The van der Waals surface area contributed by atoms with Gasteiger partial charge >= 0.3 is 0 Å². The van der Waals surface area contributed by atoms with Crippen LogP contribution in [0.2, 0.25) is 5.02 Å². The minimum atomic E-state index is -0.136. The van der Waals surface area contributed by atoms with E-state index in [4.69, 9.17) is 21.1 Å². The average Bonchev–Trinajstić information content (AvgIpc) is 3.14. The number of rotatable bonds is 6. The highest BCUT2D eigenvalue weighted by Gasteiger charge is 2.19. The molecule has 0 saturated heterocycles. The number of carbonyl (C=O) groups excluding carboxylic acids is 1. The molecule has 28 heavy (non-hydrogen) atoms. The zero-order valence-corrected chi connectivity index (χ0v) is 17.7. The number of aromatic nitrogens is 1. The van der Waals surface area contributed by atoms with Gasteiger partial charge in [0, 0.05) is 13.1 Å². The molecule has 1 aromatic heterocycles. The van der Waals surface area contributed by atoms with Gasteiger partial charge in [0.15, 0.2) is 11.5 Å². The zero-order valence-electron chi connectivity index (χ0n) is 16.1. The summed E-state index contributed by atoms with van der Waals surface area (Å²) in [6, 6.07) is 11.3. The SMILES string of the molecule is COc1cc(C=CC(=O)N(C)C(C)c2nc3ccccc3s2)cc(Cl)c1OC. The number of likely N-dealkylation sites (N-methyl/N-ethyl adjacent to an activating group) is 1. The molecule has 0 aliphatic rings. The molecule has 0 N–H and O–H groups in total. The van der Waals surface area contributed by atoms with Crippen molar-refractivity contribution < 1.29 is 14.3 Å². The van der Waals surface area contributed by atoms with E-state index in [1.54, 1.807) is 48.6 Å². The Morgan fingerprint density at radius 2 is 2.00 bits per heavy atom. The van der Waals surface area contributed by atoms with Crippen molar-refractivity contribution in [3.8, 4) is 11.5 Å². The molecule has 0 bridgehead atoms. The average molecular weight is 417 g/mol. The molecule has 2 aromatic carbocycles. The van der Waals surface area contributed by atoms with E-state index in [-0.39, 0.29) is 11.9 Å². The van der Waals surface area contributed by atoms with Crippen LogP contribution in [0.25, 0.3) is 16.3 Å². The molecule has 1 atom stereocenters. The van der Waals surface area contributed by atoms with Gasteiger partial charge < -0.3 is 14.4 Å². The second-order valence-electron chi connectivity index (χ2n) is 6.22. The number of para-hydroxylation sites is 1. The molecular formula is C21H21ClN2O3S. The van der Waals surface area contributed by atoms with Gasteiger partial charge in [0.1, 0.15) is 5.01 Å². The summed E-state index contributed by atoms with van der Waals surface area (Å²) < 4.78 is 11.6. The maximum atomic E-state index is 12.6. The van der Waals surface area contributed by atoms with Gasteiger partial charge in [0.2, 0.25) is 5.91 Å². The number of nitrogens with zero attached hydrogens (tertiary/aromatic N) is 2. The highest BCUT2D eigenvalue weighted by molar-refractivity contribution is 7.18. The van der Waals surface area contributed by atoms with E-state index >= 15 is 0 Å². The Morgan fingerprint density at radius 3 is 2.68 bits per heavy atom. The second kappa shape index (κ2) is 8.63. The topological polar surface area (TPSA) is 51.7 Å². The number of thiazole rings is 1. The standard InChI is InChI=1S/C21H21ClN2O3S/c1-13(21-23-16-7-5-6-8-18(16)28-21)24(2)19(25)10-9-14-11-15(22)20(27-4)17(12-14)26-3/h5-13H,1-4H3. The largest absolute Gasteiger partial charge is 0.493 e. The van der Waals surface area contributed by atoms with Crippen molar-refractivity contribution >= 4 is 45.1 Å². The lowest BCUT2D eigenvalue weighted by Gasteiger charge is -2.21. The van der Waals surface area contributed by atoms with E-state index in [2.05, 4.69) is 4.98 Å². The van der Waals surface area contributed by atoms with Crippen molar-refractivity contribution in [2.24, 2.45) is 0 Å². The Bertz CT molecular complexity index is 999. The summed E-state index contributed by atoms with van der Waals surface area (Å²) in [6.07, 6.45) is 3.22. The maximum absolute atomic E-state index is 12.6. The first-order valence-corrected chi connectivity index (χ1v) is 9.86. The van der Waals surface area contributed by atoms with Gasteiger partial charge in [-0.15, -0.1) is 11.3 Å². The molecule has 1 heterocycles. The Labute approximate surface area is 173 Å². The summed E-state index contributed by atoms with van der Waals surface area (Å²) in [4.78, 5) is 18.9. The van der Waals surface area contributed by atoms with Crippen LogP contribution in [-0.2, 0) is 4.79 Å². The van der Waals surface area contributed by atoms with Crippen LogP contribution >= 0.6 is 22.9 Å². The zero-order chi connectivity index (χ0) is 20.3. The first kappa shape index (κ1) is 20.2. The fraction of sp³-hybridized carbons (Fsp3) is 0.238. The molecular weight excluding hydrogens is 396 g/mol. The molecule has 3 rings (SSSR count). The number of benzene rings is 2. The number of carbonyl (C=O) groups is 1. The minimum Gasteiger partial charge on any atom is -0.493 e. The molecule has 3 aromatic rings. The summed E-state index contributed by atoms with van der Waals surface area (Å²) >= 11 is 7.82. The first-order chi connectivity index (χ1) is 13.4. The monoisotopic (exact) mass is 416 g/mol. The summed E-state index contributed by atoms with van der Waals surface area (Å²) in [5.41, 5.74) is 1.70. The Balaban J connectivity index is 1.77. The van der Waals surface area contributed by atoms with E-state index in [1.165, 1.54) is 13.2 Å². The Kier molecular flexibility index (Phi) is 6.21. The van der Waals surface area contributed by atoms with E-state index in [9.17, 15) is 4.79 Å². The van der Waals surface area contributed by atoms with Gasteiger partial charge in [-0.1, -0.05) is 23.7 Å². The van der Waals surface area contributed by atoms with Gasteiger partial charge in [-0.05, 0) is 42.8 Å². The molecule has 7 heteroatoms. The fourth-order valence-electron chi connectivity index (χ4n) is 2.74. The van der Waals surface area contributed by atoms with Gasteiger partial charge in [0.25, 0.3) is 0 Å². The Morgan fingerprint density at radius 1 is 1.25 bits per heavy atom. The maximum Gasteiger partial charge on any atom is 0.246 e. The molecule has 1 unspecified atom stereocenters. The van der Waals surface area contributed by atoms with E-state index in [1.807, 2.05) is 31.2 Å². The number of ether oxygens (including phenoxy) is 2. The van der Waals surface area contributed by atoms with Crippen LogP contribution in [0.5, 0.6) is 11.5 Å². The van der Waals surface area contributed by atoms with Gasteiger partial charge in [-0.25, -0.2) is 4.98 Å². The fourth-order valence-corrected chi connectivity index (χ4v) is 4.10. The normalized spacial score (nSPS) is 12.3. The molecule has 1 amide bonds. The molecule has 5 nitrogen and oxygen atoms in total. The predicted molar refractivity (Wildman–Crippen MR) is 114 cm³/mol. The quantitative estimate of drug-likeness (QED) is 0.518. The molecule has 146 valence electrons. The van der Waals surface area contributed by atoms with Crippen LogP contribution in [-0.4, -0.2) is 37.1 Å². The smallest absolute Gasteiger partial charge is 0.246 e. The van der Waals surface area contributed by atoms with E-state index in [0.29, 0.717) is 16.5 Å². The number of hydrogen-bond acceptors (Lipinski definition) is 5. The number of fused-ring (bicyclic) bond motifs is 1. The third kappa shape index (κ3) is 4.13. The highest BCUT2D eigenvalue weighted by atomic mass is 35.5. The molecule has 0 radical (unpaired) electrons. The lowest BCUT2D eigenvalue weighted by molar-refractivity contribution is -0.126. The number of halogens is 1. The van der Waals surface area contributed by atoms with Gasteiger partial charge in [-0.2, -0.15) is 0 Å². The lowest BCUT2D eigenvalue weighted by Crippen LogP contribution is -2.27. The van der Waals surface area contributed by atoms with Crippen LogP contribution in [0.4, 0.5) is 0 Å². The molecule has 0 saturated carbocycles. The van der Waals surface area contributed by atoms with E-state index in [0.717, 1.165) is 20.8 Å². The van der Waals surface area contributed by atoms with E-state index < -0.39 is 0 Å². The summed E-state index contributed by atoms with van der Waals surface area (Å²) in [5, 5.41) is 1.32. The summed E-state index contributed by atoms with van der Waals surface area (Å²) in [5.74, 6) is 0.852. The highest BCUT2D eigenvalue weighted by Crippen LogP contribution is 2.36. The minimum absolute atomic E-state index is 0.127. The molecule has 0 spiro atoms. The van der Waals surface area contributed by atoms with Crippen molar-refractivity contribution in [1.29, 1.82) is 0 Å². The summed E-state index contributed by atoms with van der Waals surface area (Å²) in [6.45, 7) is 1.97. The Hall–Kier alpha value is -2.57. The second-order valence-corrected chi connectivity index (χ2v) is 7.69. The van der Waals surface area contributed by atoms with Crippen LogP contribution in [0.15, 0.2) is 42.5 Å². The lowest BCUT2D eigenvalue weighted by atomic mass is 10.1. The van der Waals surface area contributed by atoms with Crippen molar-refractivity contribution in [1.82, 2.24) is 9.88 Å². The van der Waals surface area contributed by atoms with Crippen molar-refractivity contribution in [2.75, 3.05) is 21.3 Å². The van der Waals surface area contributed by atoms with Crippen LogP contribution in [0.1, 0.15) is 23.5 Å². The van der Waals surface area contributed by atoms with Crippen LogP contribution in [0, 0.1) is 0 Å². The van der Waals surface area contributed by atoms with Gasteiger partial charge in [0.05, 0.1) is 35.5 Å². The molecule has 0 fully saturated rings. The van der Waals surface area contributed by atoms with Gasteiger partial charge in [-0.3, -0.25) is 4.79 Å². The molecule has 0 aliphatic heterocycles. The first-order valence-electron chi connectivity index (χ1n) is 8.66. The van der Waals surface area contributed by atoms with Crippen molar-refractivity contribution in [2.45, 2.75) is 13.0 Å². The van der Waals surface area contributed by atoms with Crippen LogP contribution < -0.4 is 9.47 Å². The number of amides is 1. The van der Waals surface area contributed by atoms with Crippen LogP contribution in [0.3, 0.4) is 0 Å². The molecule has 0 aliphatic carbocycles. The van der Waals surface area contributed by atoms with Crippen molar-refractivity contribution in [3.63, 3.8) is 0 Å². The van der Waals surface area contributed by atoms with Crippen molar-refractivity contribution in [3.05, 3.63) is 58.1 Å².